The van der Waals surface area contributed by atoms with E-state index in [4.69, 9.17) is 13.9 Å². The van der Waals surface area contributed by atoms with Crippen molar-refractivity contribution in [2.45, 2.75) is 37.9 Å². The number of rotatable bonds is 12. The number of hydrogen-bond donors (Lipinski definition) is 2. The fourth-order valence-electron chi connectivity index (χ4n) is 3.17. The summed E-state index contributed by atoms with van der Waals surface area (Å²) < 4.78 is 16.8. The first-order valence-electron chi connectivity index (χ1n) is 9.98. The summed E-state index contributed by atoms with van der Waals surface area (Å²) in [5.74, 6) is 1.55. The van der Waals surface area contributed by atoms with Crippen LogP contribution in [0, 0.1) is 0 Å². The normalized spacial score (nSPS) is 13.2. The zero-order chi connectivity index (χ0) is 20.5. The van der Waals surface area contributed by atoms with E-state index in [1.54, 1.807) is 0 Å². The van der Waals surface area contributed by atoms with Gasteiger partial charge in [0, 0.05) is 17.0 Å². The molecule has 2 N–H and O–H groups in total. The molecule has 0 spiro atoms. The predicted molar refractivity (Wildman–Crippen MR) is 114 cm³/mol. The Balaban J connectivity index is 1.45. The Kier molecular flexibility index (Phi) is 7.73. The summed E-state index contributed by atoms with van der Waals surface area (Å²) in [5, 5.41) is 21.0. The first-order valence-corrected chi connectivity index (χ1v) is 9.98. The third-order valence-corrected chi connectivity index (χ3v) is 4.79. The molecule has 1 heterocycles. The molecule has 29 heavy (non-hydrogen) atoms. The quantitative estimate of drug-likeness (QED) is 0.336. The maximum absolute atomic E-state index is 10.0. The summed E-state index contributed by atoms with van der Waals surface area (Å²) in [5.41, 5.74) is 1.81. The maximum Gasteiger partial charge on any atom is 0.138 e. The summed E-state index contributed by atoms with van der Waals surface area (Å²) in [6.07, 6.45) is 2.16. The van der Waals surface area contributed by atoms with Gasteiger partial charge in [-0.3, -0.25) is 0 Å². The highest BCUT2D eigenvalue weighted by molar-refractivity contribution is 5.83. The Morgan fingerprint density at radius 3 is 2.38 bits per heavy atom. The molecule has 0 aliphatic rings. The van der Waals surface area contributed by atoms with Crippen LogP contribution in [0.2, 0.25) is 0 Å². The SMILES string of the molecule is C=COCCCC(O)C(O)CCCOc1ccc2cc(-c3ccccc3)oc2c1. The monoisotopic (exact) mass is 396 g/mol. The van der Waals surface area contributed by atoms with Gasteiger partial charge in [0.15, 0.2) is 0 Å². The van der Waals surface area contributed by atoms with E-state index < -0.39 is 12.2 Å². The van der Waals surface area contributed by atoms with Crippen molar-refractivity contribution >= 4 is 11.0 Å². The maximum atomic E-state index is 10.0. The van der Waals surface area contributed by atoms with E-state index in [-0.39, 0.29) is 0 Å². The molecule has 1 aromatic heterocycles. The lowest BCUT2D eigenvalue weighted by Gasteiger charge is -2.17. The van der Waals surface area contributed by atoms with Gasteiger partial charge < -0.3 is 24.1 Å². The third kappa shape index (κ3) is 6.11. The van der Waals surface area contributed by atoms with Crippen LogP contribution in [0.4, 0.5) is 0 Å². The molecule has 3 rings (SSSR count). The van der Waals surface area contributed by atoms with Crippen LogP contribution in [0.25, 0.3) is 22.3 Å². The van der Waals surface area contributed by atoms with Crippen molar-refractivity contribution < 1.29 is 24.1 Å². The zero-order valence-electron chi connectivity index (χ0n) is 16.5. The van der Waals surface area contributed by atoms with Crippen LogP contribution in [0.5, 0.6) is 5.75 Å². The molecule has 0 aliphatic carbocycles. The Labute approximate surface area is 171 Å². The summed E-state index contributed by atoms with van der Waals surface area (Å²) >= 11 is 0. The van der Waals surface area contributed by atoms with E-state index in [1.165, 1.54) is 6.26 Å². The second kappa shape index (κ2) is 10.7. The lowest BCUT2D eigenvalue weighted by atomic mass is 10.0. The second-order valence-corrected chi connectivity index (χ2v) is 6.98. The molecule has 0 amide bonds. The van der Waals surface area contributed by atoms with Crippen LogP contribution >= 0.6 is 0 Å². The molecule has 0 radical (unpaired) electrons. The number of aliphatic hydroxyl groups excluding tert-OH is 2. The molecule has 2 atom stereocenters. The average Bonchev–Trinajstić information content (AvgIpc) is 3.18. The highest BCUT2D eigenvalue weighted by Gasteiger charge is 2.15. The largest absolute Gasteiger partial charge is 0.502 e. The molecule has 5 heteroatoms. The van der Waals surface area contributed by atoms with Gasteiger partial charge in [0.05, 0.1) is 31.7 Å². The minimum absolute atomic E-state index is 0.459. The van der Waals surface area contributed by atoms with E-state index in [0.29, 0.717) is 38.9 Å². The van der Waals surface area contributed by atoms with Gasteiger partial charge in [-0.05, 0) is 43.9 Å². The smallest absolute Gasteiger partial charge is 0.138 e. The molecular weight excluding hydrogens is 368 g/mol. The molecule has 0 bridgehead atoms. The van der Waals surface area contributed by atoms with Crippen LogP contribution < -0.4 is 4.74 Å². The molecular formula is C24H28O5. The van der Waals surface area contributed by atoms with Gasteiger partial charge in [0.1, 0.15) is 17.1 Å². The Hall–Kier alpha value is -2.76. The lowest BCUT2D eigenvalue weighted by molar-refractivity contribution is 0.00354. The van der Waals surface area contributed by atoms with Gasteiger partial charge in [-0.2, -0.15) is 0 Å². The van der Waals surface area contributed by atoms with Crippen molar-refractivity contribution in [1.82, 2.24) is 0 Å². The van der Waals surface area contributed by atoms with Crippen LogP contribution in [-0.4, -0.2) is 35.6 Å². The minimum atomic E-state index is -0.761. The van der Waals surface area contributed by atoms with Crippen LogP contribution in [-0.2, 0) is 4.74 Å². The molecule has 2 aromatic carbocycles. The summed E-state index contributed by atoms with van der Waals surface area (Å²) in [4.78, 5) is 0. The highest BCUT2D eigenvalue weighted by atomic mass is 16.5. The Morgan fingerprint density at radius 1 is 0.931 bits per heavy atom. The van der Waals surface area contributed by atoms with Crippen LogP contribution in [0.1, 0.15) is 25.7 Å². The number of fused-ring (bicyclic) bond motifs is 1. The first kappa shape index (κ1) is 21.0. The van der Waals surface area contributed by atoms with Crippen molar-refractivity contribution in [1.29, 1.82) is 0 Å². The van der Waals surface area contributed by atoms with E-state index >= 15 is 0 Å². The molecule has 5 nitrogen and oxygen atoms in total. The summed E-state index contributed by atoms with van der Waals surface area (Å²) in [6.45, 7) is 4.42. The summed E-state index contributed by atoms with van der Waals surface area (Å²) in [6, 6.07) is 17.8. The molecule has 0 aliphatic heterocycles. The van der Waals surface area contributed by atoms with E-state index in [2.05, 4.69) is 6.58 Å². The van der Waals surface area contributed by atoms with Gasteiger partial charge in [0.25, 0.3) is 0 Å². The van der Waals surface area contributed by atoms with Gasteiger partial charge in [-0.15, -0.1) is 0 Å². The van der Waals surface area contributed by atoms with Crippen molar-refractivity contribution in [2.75, 3.05) is 13.2 Å². The van der Waals surface area contributed by atoms with E-state index in [9.17, 15) is 10.2 Å². The van der Waals surface area contributed by atoms with Crippen molar-refractivity contribution in [3.63, 3.8) is 0 Å². The Morgan fingerprint density at radius 2 is 1.66 bits per heavy atom. The van der Waals surface area contributed by atoms with Gasteiger partial charge in [0.2, 0.25) is 0 Å². The third-order valence-electron chi connectivity index (χ3n) is 4.79. The zero-order valence-corrected chi connectivity index (χ0v) is 16.5. The van der Waals surface area contributed by atoms with E-state index in [0.717, 1.165) is 28.0 Å². The first-order chi connectivity index (χ1) is 14.2. The van der Waals surface area contributed by atoms with Crippen molar-refractivity contribution in [2.24, 2.45) is 0 Å². The predicted octanol–water partition coefficient (Wildman–Crippen LogP) is 4.92. The Bertz CT molecular complexity index is 887. The summed E-state index contributed by atoms with van der Waals surface area (Å²) in [7, 11) is 0. The number of ether oxygens (including phenoxy) is 2. The van der Waals surface area contributed by atoms with E-state index in [1.807, 2.05) is 54.6 Å². The van der Waals surface area contributed by atoms with Crippen LogP contribution in [0.15, 0.2) is 71.9 Å². The van der Waals surface area contributed by atoms with Crippen molar-refractivity contribution in [3.05, 3.63) is 67.4 Å². The standard InChI is InChI=1S/C24H28O5/c1-2-27-14-6-10-21(25)22(26)11-7-15-28-20-13-12-19-16-23(29-24(19)17-20)18-8-4-3-5-9-18/h2-5,8-9,12-13,16-17,21-22,25-26H,1,6-7,10-11,14-15H2. The molecule has 0 fully saturated rings. The minimum Gasteiger partial charge on any atom is -0.502 e. The number of hydrogen-bond acceptors (Lipinski definition) is 5. The highest BCUT2D eigenvalue weighted by Crippen LogP contribution is 2.30. The molecule has 3 aromatic rings. The lowest BCUT2D eigenvalue weighted by Crippen LogP contribution is -2.26. The molecule has 2 unspecified atom stereocenters. The number of aliphatic hydroxyl groups is 2. The number of furan rings is 1. The van der Waals surface area contributed by atoms with Gasteiger partial charge in [-0.25, -0.2) is 0 Å². The number of benzene rings is 2. The molecule has 0 saturated heterocycles. The molecule has 0 saturated carbocycles. The topological polar surface area (TPSA) is 72.1 Å². The fourth-order valence-corrected chi connectivity index (χ4v) is 3.17. The average molecular weight is 396 g/mol. The van der Waals surface area contributed by atoms with Gasteiger partial charge >= 0.3 is 0 Å². The molecule has 154 valence electrons. The van der Waals surface area contributed by atoms with Crippen molar-refractivity contribution in [3.8, 4) is 17.1 Å². The second-order valence-electron chi connectivity index (χ2n) is 6.98. The van der Waals surface area contributed by atoms with Crippen LogP contribution in [0.3, 0.4) is 0 Å². The fraction of sp³-hybridized carbons (Fsp3) is 0.333. The van der Waals surface area contributed by atoms with Gasteiger partial charge in [-0.1, -0.05) is 36.9 Å².